The van der Waals surface area contributed by atoms with E-state index in [-0.39, 0.29) is 5.69 Å². The van der Waals surface area contributed by atoms with Gasteiger partial charge in [-0.1, -0.05) is 6.07 Å². The van der Waals surface area contributed by atoms with Gasteiger partial charge in [0.2, 0.25) is 11.7 Å². The monoisotopic (exact) mass is 240 g/mol. The summed E-state index contributed by atoms with van der Waals surface area (Å²) in [7, 11) is 0. The summed E-state index contributed by atoms with van der Waals surface area (Å²) in [5.74, 6) is -3.33. The highest BCUT2D eigenvalue weighted by molar-refractivity contribution is 5.35. The SMILES string of the molecule is O=c1[nH]c(=O)n(-c2cccc(F)c2)c(O)c1F. The number of nitrogens with zero attached hydrogens (tertiary/aromatic N) is 1. The first-order chi connectivity index (χ1) is 8.00. The van der Waals surface area contributed by atoms with Crippen molar-refractivity contribution in [3.63, 3.8) is 0 Å². The molecule has 0 spiro atoms. The molecule has 0 radical (unpaired) electrons. The Kier molecular flexibility index (Phi) is 2.51. The van der Waals surface area contributed by atoms with E-state index >= 15 is 0 Å². The predicted molar refractivity (Wildman–Crippen MR) is 54.2 cm³/mol. The zero-order valence-electron chi connectivity index (χ0n) is 8.28. The lowest BCUT2D eigenvalue weighted by Crippen LogP contribution is -2.30. The van der Waals surface area contributed by atoms with E-state index in [1.54, 1.807) is 4.98 Å². The van der Waals surface area contributed by atoms with E-state index in [0.29, 0.717) is 4.57 Å². The van der Waals surface area contributed by atoms with Crippen LogP contribution < -0.4 is 11.2 Å². The predicted octanol–water partition coefficient (Wildman–Crippen LogP) is 0.510. The lowest BCUT2D eigenvalue weighted by molar-refractivity contribution is 0.386. The first kappa shape index (κ1) is 11.1. The number of aromatic nitrogens is 2. The average Bonchev–Trinajstić information content (AvgIpc) is 2.26. The van der Waals surface area contributed by atoms with Crippen LogP contribution in [0.3, 0.4) is 0 Å². The largest absolute Gasteiger partial charge is 0.492 e. The number of halogens is 2. The first-order valence-corrected chi connectivity index (χ1v) is 4.50. The van der Waals surface area contributed by atoms with Gasteiger partial charge in [-0.15, -0.1) is 0 Å². The minimum atomic E-state index is -1.51. The molecule has 17 heavy (non-hydrogen) atoms. The molecule has 2 rings (SSSR count). The minimum absolute atomic E-state index is 0.0948. The highest BCUT2D eigenvalue weighted by atomic mass is 19.1. The van der Waals surface area contributed by atoms with Gasteiger partial charge in [-0.3, -0.25) is 9.78 Å². The topological polar surface area (TPSA) is 75.1 Å². The molecule has 0 unspecified atom stereocenters. The Bertz CT molecular complexity index is 691. The van der Waals surface area contributed by atoms with E-state index < -0.39 is 28.8 Å². The van der Waals surface area contributed by atoms with Crippen LogP contribution in [-0.4, -0.2) is 14.7 Å². The van der Waals surface area contributed by atoms with Crippen molar-refractivity contribution in [1.29, 1.82) is 0 Å². The summed E-state index contributed by atoms with van der Waals surface area (Å²) in [6, 6.07) is 4.59. The second-order valence-corrected chi connectivity index (χ2v) is 3.21. The lowest BCUT2D eigenvalue weighted by Gasteiger charge is -2.07. The van der Waals surface area contributed by atoms with E-state index in [1.165, 1.54) is 12.1 Å². The van der Waals surface area contributed by atoms with Gasteiger partial charge in [0.1, 0.15) is 5.82 Å². The second kappa shape index (κ2) is 3.85. The third kappa shape index (κ3) is 1.82. The maximum atomic E-state index is 13.1. The normalized spacial score (nSPS) is 10.5. The molecule has 0 aliphatic heterocycles. The van der Waals surface area contributed by atoms with Gasteiger partial charge in [0.15, 0.2) is 0 Å². The summed E-state index contributed by atoms with van der Waals surface area (Å²) >= 11 is 0. The molecule has 1 heterocycles. The number of nitrogens with one attached hydrogen (secondary N) is 1. The molecule has 2 N–H and O–H groups in total. The van der Waals surface area contributed by atoms with Crippen LogP contribution in [0.5, 0.6) is 5.88 Å². The van der Waals surface area contributed by atoms with Crippen molar-refractivity contribution < 1.29 is 13.9 Å². The molecular formula is C10H6F2N2O3. The quantitative estimate of drug-likeness (QED) is 0.762. The lowest BCUT2D eigenvalue weighted by atomic mass is 10.3. The van der Waals surface area contributed by atoms with E-state index in [9.17, 15) is 23.5 Å². The molecule has 0 atom stereocenters. The maximum Gasteiger partial charge on any atom is 0.335 e. The Morgan fingerprint density at radius 2 is 1.94 bits per heavy atom. The number of rotatable bonds is 1. The fourth-order valence-electron chi connectivity index (χ4n) is 1.36. The van der Waals surface area contributed by atoms with Crippen molar-refractivity contribution in [3.8, 4) is 11.6 Å². The van der Waals surface area contributed by atoms with Crippen molar-refractivity contribution in [2.45, 2.75) is 0 Å². The van der Waals surface area contributed by atoms with Gasteiger partial charge in [-0.25, -0.2) is 13.8 Å². The van der Waals surface area contributed by atoms with Gasteiger partial charge in [-0.2, -0.15) is 4.39 Å². The minimum Gasteiger partial charge on any atom is -0.492 e. The summed E-state index contributed by atoms with van der Waals surface area (Å²) in [6.07, 6.45) is 0. The Morgan fingerprint density at radius 1 is 1.24 bits per heavy atom. The third-order valence-electron chi connectivity index (χ3n) is 2.10. The smallest absolute Gasteiger partial charge is 0.335 e. The summed E-state index contributed by atoms with van der Waals surface area (Å²) in [6.45, 7) is 0. The number of hydrogen-bond acceptors (Lipinski definition) is 3. The molecule has 5 nitrogen and oxygen atoms in total. The van der Waals surface area contributed by atoms with Crippen LogP contribution in [0.1, 0.15) is 0 Å². The van der Waals surface area contributed by atoms with Crippen LogP contribution in [0.25, 0.3) is 5.69 Å². The van der Waals surface area contributed by atoms with Crippen LogP contribution >= 0.6 is 0 Å². The maximum absolute atomic E-state index is 13.1. The van der Waals surface area contributed by atoms with Gasteiger partial charge in [-0.05, 0) is 18.2 Å². The van der Waals surface area contributed by atoms with Gasteiger partial charge >= 0.3 is 5.69 Å². The van der Waals surface area contributed by atoms with Crippen molar-refractivity contribution in [1.82, 2.24) is 9.55 Å². The van der Waals surface area contributed by atoms with E-state index in [2.05, 4.69) is 0 Å². The molecule has 2 aromatic rings. The zero-order valence-corrected chi connectivity index (χ0v) is 8.28. The summed E-state index contributed by atoms with van der Waals surface area (Å²) < 4.78 is 26.5. The summed E-state index contributed by atoms with van der Waals surface area (Å²) in [5, 5.41) is 9.35. The van der Waals surface area contributed by atoms with Crippen molar-refractivity contribution in [2.75, 3.05) is 0 Å². The molecule has 0 amide bonds. The van der Waals surface area contributed by atoms with E-state index in [4.69, 9.17) is 0 Å². The second-order valence-electron chi connectivity index (χ2n) is 3.21. The van der Waals surface area contributed by atoms with E-state index in [1.807, 2.05) is 0 Å². The third-order valence-corrected chi connectivity index (χ3v) is 2.10. The molecule has 0 fully saturated rings. The Morgan fingerprint density at radius 3 is 2.59 bits per heavy atom. The van der Waals surface area contributed by atoms with Crippen molar-refractivity contribution >= 4 is 0 Å². The van der Waals surface area contributed by atoms with Crippen LogP contribution in [0, 0.1) is 11.6 Å². The standard InChI is InChI=1S/C10H6F2N2O3/c11-5-2-1-3-6(4-5)14-9(16)7(12)8(15)13-10(14)17/h1-4,16H,(H,13,15,17). The van der Waals surface area contributed by atoms with Crippen LogP contribution in [0.15, 0.2) is 33.9 Å². The van der Waals surface area contributed by atoms with Crippen LogP contribution in [0.2, 0.25) is 0 Å². The summed E-state index contributed by atoms with van der Waals surface area (Å²) in [4.78, 5) is 23.9. The molecule has 1 aromatic carbocycles. The number of aromatic amines is 1. The van der Waals surface area contributed by atoms with Crippen molar-refractivity contribution in [3.05, 3.63) is 56.7 Å². The average molecular weight is 240 g/mol. The molecule has 0 aliphatic rings. The van der Waals surface area contributed by atoms with Crippen molar-refractivity contribution in [2.24, 2.45) is 0 Å². The van der Waals surface area contributed by atoms with Gasteiger partial charge in [0.25, 0.3) is 5.56 Å². The summed E-state index contributed by atoms with van der Waals surface area (Å²) in [5.41, 5.74) is -2.48. The molecule has 7 heteroatoms. The molecule has 88 valence electrons. The molecule has 0 saturated carbocycles. The van der Waals surface area contributed by atoms with Gasteiger partial charge in [0, 0.05) is 0 Å². The Balaban J connectivity index is 2.81. The number of H-pyrrole nitrogens is 1. The highest BCUT2D eigenvalue weighted by Gasteiger charge is 2.15. The highest BCUT2D eigenvalue weighted by Crippen LogP contribution is 2.15. The van der Waals surface area contributed by atoms with E-state index in [0.717, 1.165) is 12.1 Å². The zero-order chi connectivity index (χ0) is 12.6. The van der Waals surface area contributed by atoms with Crippen LogP contribution in [-0.2, 0) is 0 Å². The van der Waals surface area contributed by atoms with Gasteiger partial charge < -0.3 is 5.11 Å². The number of hydrogen-bond donors (Lipinski definition) is 2. The Labute approximate surface area is 92.6 Å². The fraction of sp³-hybridized carbons (Fsp3) is 0. The van der Waals surface area contributed by atoms with Gasteiger partial charge in [0.05, 0.1) is 5.69 Å². The molecule has 0 bridgehead atoms. The van der Waals surface area contributed by atoms with Crippen LogP contribution in [0.4, 0.5) is 8.78 Å². The molecule has 0 saturated heterocycles. The molecule has 1 aromatic heterocycles. The Hall–Kier alpha value is -2.44. The molecular weight excluding hydrogens is 234 g/mol. The first-order valence-electron chi connectivity index (χ1n) is 4.50. The molecule has 0 aliphatic carbocycles. The number of benzene rings is 1. The fourth-order valence-corrected chi connectivity index (χ4v) is 1.36. The number of aromatic hydroxyl groups is 1.